The van der Waals surface area contributed by atoms with E-state index in [-0.39, 0.29) is 17.4 Å². The van der Waals surface area contributed by atoms with E-state index in [1.165, 1.54) is 17.0 Å². The average Bonchev–Trinajstić information content (AvgIpc) is 3.06. The molecule has 0 bridgehead atoms. The van der Waals surface area contributed by atoms with E-state index in [4.69, 9.17) is 9.26 Å². The Bertz CT molecular complexity index is 651. The smallest absolute Gasteiger partial charge is 0.273 e. The molecule has 0 spiro atoms. The van der Waals surface area contributed by atoms with Crippen LogP contribution < -0.4 is 10.2 Å². The van der Waals surface area contributed by atoms with Crippen molar-refractivity contribution in [2.24, 2.45) is 0 Å². The second kappa shape index (κ2) is 7.34. The lowest BCUT2D eigenvalue weighted by Gasteiger charge is -2.23. The lowest BCUT2D eigenvalue weighted by molar-refractivity contribution is -0.906. The van der Waals surface area contributed by atoms with Crippen LogP contribution in [0.25, 0.3) is 11.3 Å². The molecule has 1 aromatic carbocycles. The molecule has 1 saturated heterocycles. The number of aromatic nitrogens is 1. The Balaban J connectivity index is 1.52. The number of benzene rings is 1. The lowest BCUT2D eigenvalue weighted by Crippen LogP contribution is -3.14. The summed E-state index contributed by atoms with van der Waals surface area (Å²) in [5, 5.41) is 6.61. The van der Waals surface area contributed by atoms with Gasteiger partial charge in [0.15, 0.2) is 11.5 Å². The van der Waals surface area contributed by atoms with Gasteiger partial charge in [-0.2, -0.15) is 0 Å². The number of amides is 1. The molecule has 1 aromatic heterocycles. The number of quaternary nitrogens is 1. The molecule has 23 heavy (non-hydrogen) atoms. The molecule has 0 radical (unpaired) electrons. The van der Waals surface area contributed by atoms with Crippen LogP contribution in [-0.4, -0.2) is 50.5 Å². The zero-order valence-electron chi connectivity index (χ0n) is 12.7. The highest BCUT2D eigenvalue weighted by atomic mass is 19.1. The van der Waals surface area contributed by atoms with Crippen LogP contribution in [0.2, 0.25) is 0 Å². The van der Waals surface area contributed by atoms with Gasteiger partial charge >= 0.3 is 0 Å². The highest BCUT2D eigenvalue weighted by molar-refractivity contribution is 5.93. The maximum atomic E-state index is 12.9. The molecule has 1 aliphatic heterocycles. The third-order valence-electron chi connectivity index (χ3n) is 3.84. The van der Waals surface area contributed by atoms with Crippen molar-refractivity contribution in [3.8, 4) is 11.3 Å². The fourth-order valence-corrected chi connectivity index (χ4v) is 2.49. The molecule has 1 aliphatic rings. The summed E-state index contributed by atoms with van der Waals surface area (Å²) in [5.74, 6) is -0.152. The Morgan fingerprint density at radius 3 is 2.74 bits per heavy atom. The minimum absolute atomic E-state index is 0.223. The first-order valence-electron chi connectivity index (χ1n) is 7.64. The first kappa shape index (κ1) is 15.6. The molecule has 3 rings (SSSR count). The van der Waals surface area contributed by atoms with Crippen LogP contribution in [0.1, 0.15) is 10.5 Å². The molecule has 7 heteroatoms. The summed E-state index contributed by atoms with van der Waals surface area (Å²) >= 11 is 0. The molecule has 122 valence electrons. The van der Waals surface area contributed by atoms with E-state index in [1.54, 1.807) is 18.2 Å². The van der Waals surface area contributed by atoms with Crippen LogP contribution in [0.3, 0.4) is 0 Å². The standard InChI is InChI=1S/C16H18FN3O3/c17-13-3-1-12(2-4-13)15-11-14(19-23-15)16(21)18-5-6-20-7-9-22-10-8-20/h1-4,11H,5-10H2,(H,18,21)/p+1. The van der Waals surface area contributed by atoms with Gasteiger partial charge in [-0.25, -0.2) is 4.39 Å². The predicted molar refractivity (Wildman–Crippen MR) is 80.6 cm³/mol. The van der Waals surface area contributed by atoms with E-state index in [2.05, 4.69) is 10.5 Å². The number of morpholine rings is 1. The number of carbonyl (C=O) groups excluding carboxylic acids is 1. The predicted octanol–water partition coefficient (Wildman–Crippen LogP) is 0.126. The van der Waals surface area contributed by atoms with E-state index >= 15 is 0 Å². The Morgan fingerprint density at radius 2 is 2.00 bits per heavy atom. The van der Waals surface area contributed by atoms with E-state index < -0.39 is 0 Å². The first-order chi connectivity index (χ1) is 11.2. The highest BCUT2D eigenvalue weighted by Gasteiger charge is 2.16. The minimum Gasteiger partial charge on any atom is -0.370 e. The van der Waals surface area contributed by atoms with Crippen LogP contribution in [0.4, 0.5) is 4.39 Å². The van der Waals surface area contributed by atoms with Gasteiger partial charge < -0.3 is 19.5 Å². The first-order valence-corrected chi connectivity index (χ1v) is 7.64. The minimum atomic E-state index is -0.322. The second-order valence-electron chi connectivity index (χ2n) is 5.45. The van der Waals surface area contributed by atoms with Gasteiger partial charge in [0, 0.05) is 11.6 Å². The van der Waals surface area contributed by atoms with E-state index in [0.29, 0.717) is 17.9 Å². The Hall–Kier alpha value is -2.25. The second-order valence-corrected chi connectivity index (χ2v) is 5.45. The third kappa shape index (κ3) is 4.14. The monoisotopic (exact) mass is 320 g/mol. The zero-order chi connectivity index (χ0) is 16.1. The number of hydrogen-bond donors (Lipinski definition) is 2. The maximum absolute atomic E-state index is 12.9. The van der Waals surface area contributed by atoms with Gasteiger partial charge in [-0.1, -0.05) is 5.16 Å². The summed E-state index contributed by atoms with van der Waals surface area (Å²) in [6.07, 6.45) is 0. The summed E-state index contributed by atoms with van der Waals surface area (Å²) in [6.45, 7) is 4.91. The normalized spacial score (nSPS) is 15.5. The number of hydrogen-bond acceptors (Lipinski definition) is 4. The maximum Gasteiger partial charge on any atom is 0.273 e. The number of nitrogens with zero attached hydrogens (tertiary/aromatic N) is 1. The van der Waals surface area contributed by atoms with Gasteiger partial charge in [-0.05, 0) is 24.3 Å². The Labute approximate surface area is 133 Å². The van der Waals surface area contributed by atoms with Crippen LogP contribution in [0.5, 0.6) is 0 Å². The molecule has 0 saturated carbocycles. The van der Waals surface area contributed by atoms with Crippen molar-refractivity contribution in [1.29, 1.82) is 0 Å². The number of nitrogens with one attached hydrogen (secondary N) is 2. The Kier molecular flexibility index (Phi) is 4.99. The quantitative estimate of drug-likeness (QED) is 0.821. The summed E-state index contributed by atoms with van der Waals surface area (Å²) in [4.78, 5) is 13.5. The third-order valence-corrected chi connectivity index (χ3v) is 3.84. The summed E-state index contributed by atoms with van der Waals surface area (Å²) in [5.41, 5.74) is 0.900. The zero-order valence-corrected chi connectivity index (χ0v) is 12.7. The van der Waals surface area contributed by atoms with Crippen molar-refractivity contribution >= 4 is 5.91 Å². The number of rotatable bonds is 5. The van der Waals surface area contributed by atoms with Crippen molar-refractivity contribution < 1.29 is 23.3 Å². The molecular formula is C16H19FN3O3+. The van der Waals surface area contributed by atoms with E-state index in [1.807, 2.05) is 0 Å². The Morgan fingerprint density at radius 1 is 1.26 bits per heavy atom. The molecule has 2 aromatic rings. The van der Waals surface area contributed by atoms with Gasteiger partial charge in [0.1, 0.15) is 18.9 Å². The topological polar surface area (TPSA) is 68.8 Å². The lowest BCUT2D eigenvalue weighted by atomic mass is 10.1. The molecule has 2 N–H and O–H groups in total. The average molecular weight is 320 g/mol. The molecule has 1 amide bonds. The van der Waals surface area contributed by atoms with Crippen LogP contribution in [-0.2, 0) is 4.74 Å². The summed E-state index contributed by atoms with van der Waals surface area (Å²) in [6, 6.07) is 7.40. The highest BCUT2D eigenvalue weighted by Crippen LogP contribution is 2.20. The molecule has 0 atom stereocenters. The largest absolute Gasteiger partial charge is 0.370 e. The SMILES string of the molecule is O=C(NCC[NH+]1CCOCC1)c1cc(-c2ccc(F)cc2)on1. The molecule has 0 unspecified atom stereocenters. The molecular weight excluding hydrogens is 301 g/mol. The molecule has 6 nitrogen and oxygen atoms in total. The number of carbonyl (C=O) groups is 1. The van der Waals surface area contributed by atoms with Gasteiger partial charge in [0.2, 0.25) is 0 Å². The molecule has 2 heterocycles. The van der Waals surface area contributed by atoms with Crippen molar-refractivity contribution in [2.75, 3.05) is 39.4 Å². The van der Waals surface area contributed by atoms with Crippen molar-refractivity contribution in [2.45, 2.75) is 0 Å². The van der Waals surface area contributed by atoms with Crippen molar-refractivity contribution in [1.82, 2.24) is 10.5 Å². The summed E-state index contributed by atoms with van der Waals surface area (Å²) < 4.78 is 23.4. The number of halogens is 1. The van der Waals surface area contributed by atoms with E-state index in [9.17, 15) is 9.18 Å². The van der Waals surface area contributed by atoms with Gasteiger partial charge in [0.05, 0.1) is 26.3 Å². The molecule has 0 aliphatic carbocycles. The number of ether oxygens (including phenoxy) is 1. The fourth-order valence-electron chi connectivity index (χ4n) is 2.49. The van der Waals surface area contributed by atoms with Crippen LogP contribution >= 0.6 is 0 Å². The van der Waals surface area contributed by atoms with Crippen molar-refractivity contribution in [3.63, 3.8) is 0 Å². The van der Waals surface area contributed by atoms with Crippen LogP contribution in [0, 0.1) is 5.82 Å². The molecule has 1 fully saturated rings. The van der Waals surface area contributed by atoms with Gasteiger partial charge in [-0.15, -0.1) is 0 Å². The van der Waals surface area contributed by atoms with Crippen LogP contribution in [0.15, 0.2) is 34.9 Å². The van der Waals surface area contributed by atoms with Gasteiger partial charge in [0.25, 0.3) is 5.91 Å². The van der Waals surface area contributed by atoms with Crippen molar-refractivity contribution in [3.05, 3.63) is 41.8 Å². The summed E-state index contributed by atoms with van der Waals surface area (Å²) in [7, 11) is 0. The van der Waals surface area contributed by atoms with E-state index in [0.717, 1.165) is 32.8 Å². The fraction of sp³-hybridized carbons (Fsp3) is 0.375. The van der Waals surface area contributed by atoms with Gasteiger partial charge in [-0.3, -0.25) is 4.79 Å².